The molecule has 1 saturated heterocycles. The van der Waals surface area contributed by atoms with Crippen LogP contribution >= 0.6 is 0 Å². The largest absolute Gasteiger partial charge is 0.497 e. The van der Waals surface area contributed by atoms with Gasteiger partial charge in [0.1, 0.15) is 11.9 Å². The lowest BCUT2D eigenvalue weighted by Gasteiger charge is -2.40. The van der Waals surface area contributed by atoms with Crippen molar-refractivity contribution in [3.05, 3.63) is 70.7 Å². The lowest BCUT2D eigenvalue weighted by Crippen LogP contribution is -2.48. The molecule has 216 valence electrons. The number of fused-ring (bicyclic) bond motifs is 1. The Bertz CT molecular complexity index is 1320. The molecule has 1 aromatic heterocycles. The van der Waals surface area contributed by atoms with Crippen molar-refractivity contribution in [3.8, 4) is 5.75 Å². The minimum absolute atomic E-state index is 0.0154. The zero-order valence-electron chi connectivity index (χ0n) is 22.2. The number of hydrogen-bond donors (Lipinski definition) is 3. The first-order chi connectivity index (χ1) is 19.2. The van der Waals surface area contributed by atoms with E-state index in [0.717, 1.165) is 12.1 Å². The molecule has 0 radical (unpaired) electrons. The first kappa shape index (κ1) is 29.7. The minimum atomic E-state index is -1.50. The van der Waals surface area contributed by atoms with Gasteiger partial charge in [0.2, 0.25) is 5.91 Å². The summed E-state index contributed by atoms with van der Waals surface area (Å²) in [5.41, 5.74) is 2.33. The number of alkyl halides is 1. The van der Waals surface area contributed by atoms with Gasteiger partial charge in [-0.2, -0.15) is 0 Å². The van der Waals surface area contributed by atoms with Gasteiger partial charge in [0.15, 0.2) is 17.5 Å². The van der Waals surface area contributed by atoms with E-state index in [1.54, 1.807) is 23.7 Å². The number of hydroxylamine groups is 1. The van der Waals surface area contributed by atoms with Gasteiger partial charge in [-0.05, 0) is 94.1 Å². The third-order valence-electron chi connectivity index (χ3n) is 7.94. The molecule has 1 amide bonds. The number of likely N-dealkylation sites (tertiary alicyclic amines) is 1. The van der Waals surface area contributed by atoms with Crippen LogP contribution < -0.4 is 10.2 Å². The van der Waals surface area contributed by atoms with Crippen LogP contribution in [0.15, 0.2) is 36.5 Å². The standard InChI is InChI=1S/C29H33F4N3O4/c1-40-20-4-5-25-21(15-20)26(19(17-37)16-34-25)22(30)6-7-29(28(38)35-39)8-11-36(12-9-29)10-2-3-18-13-23(31)27(33)24(32)14-18/h4-5,13-16,22,37,39H,2-3,6-12,17H2,1H3,(H,35,38). The van der Waals surface area contributed by atoms with Crippen LogP contribution in [0.3, 0.4) is 0 Å². The molecule has 1 fully saturated rings. The summed E-state index contributed by atoms with van der Waals surface area (Å²) in [6.07, 6.45) is 1.78. The number of carbonyl (C=O) groups excluding carboxylic acids is 1. The molecule has 40 heavy (non-hydrogen) atoms. The maximum absolute atomic E-state index is 15.9. The summed E-state index contributed by atoms with van der Waals surface area (Å²) >= 11 is 0. The van der Waals surface area contributed by atoms with Gasteiger partial charge in [0.25, 0.3) is 0 Å². The highest BCUT2D eigenvalue weighted by Crippen LogP contribution is 2.41. The Balaban J connectivity index is 1.41. The Hall–Kier alpha value is -3.28. The van der Waals surface area contributed by atoms with Gasteiger partial charge in [-0.15, -0.1) is 0 Å². The smallest absolute Gasteiger partial charge is 0.249 e. The molecule has 2 heterocycles. The Morgan fingerprint density at radius 3 is 2.50 bits per heavy atom. The van der Waals surface area contributed by atoms with E-state index in [-0.39, 0.29) is 12.8 Å². The van der Waals surface area contributed by atoms with Crippen molar-refractivity contribution in [1.82, 2.24) is 15.4 Å². The first-order valence-corrected chi connectivity index (χ1v) is 13.2. The highest BCUT2D eigenvalue weighted by molar-refractivity contribution is 5.85. The van der Waals surface area contributed by atoms with Crippen molar-refractivity contribution in [3.63, 3.8) is 0 Å². The number of carbonyl (C=O) groups is 1. The molecule has 3 N–H and O–H groups in total. The number of ether oxygens (including phenoxy) is 1. The third-order valence-corrected chi connectivity index (χ3v) is 7.94. The lowest BCUT2D eigenvalue weighted by atomic mass is 9.73. The molecule has 1 unspecified atom stereocenters. The summed E-state index contributed by atoms with van der Waals surface area (Å²) in [6.45, 7) is 1.21. The number of pyridine rings is 1. The van der Waals surface area contributed by atoms with Crippen LogP contribution in [0.5, 0.6) is 5.75 Å². The van der Waals surface area contributed by atoms with Crippen molar-refractivity contribution in [2.45, 2.75) is 51.3 Å². The van der Waals surface area contributed by atoms with Crippen LogP contribution in [-0.4, -0.2) is 52.8 Å². The number of aryl methyl sites for hydroxylation is 1. The first-order valence-electron chi connectivity index (χ1n) is 13.2. The fourth-order valence-corrected chi connectivity index (χ4v) is 5.58. The summed E-state index contributed by atoms with van der Waals surface area (Å²) in [5, 5.41) is 19.9. The van der Waals surface area contributed by atoms with E-state index in [1.807, 2.05) is 0 Å². The van der Waals surface area contributed by atoms with Crippen molar-refractivity contribution < 1.29 is 37.4 Å². The van der Waals surface area contributed by atoms with Gasteiger partial charge < -0.3 is 14.7 Å². The van der Waals surface area contributed by atoms with Crippen molar-refractivity contribution >= 4 is 16.8 Å². The van der Waals surface area contributed by atoms with Crippen LogP contribution in [0.25, 0.3) is 10.9 Å². The number of aliphatic hydroxyl groups is 1. The zero-order valence-corrected chi connectivity index (χ0v) is 22.2. The van der Waals surface area contributed by atoms with Gasteiger partial charge in [-0.3, -0.25) is 15.0 Å². The predicted molar refractivity (Wildman–Crippen MR) is 140 cm³/mol. The molecule has 1 aliphatic heterocycles. The van der Waals surface area contributed by atoms with E-state index in [2.05, 4.69) is 9.88 Å². The molecule has 0 saturated carbocycles. The number of halogens is 4. The summed E-state index contributed by atoms with van der Waals surface area (Å²) in [7, 11) is 1.50. The number of hydrogen-bond acceptors (Lipinski definition) is 6. The Morgan fingerprint density at radius 1 is 1.18 bits per heavy atom. The summed E-state index contributed by atoms with van der Waals surface area (Å²) in [5.74, 6) is -3.97. The quantitative estimate of drug-likeness (QED) is 0.129. The number of nitrogens with zero attached hydrogens (tertiary/aromatic N) is 2. The topological polar surface area (TPSA) is 94.9 Å². The predicted octanol–water partition coefficient (Wildman–Crippen LogP) is 5.16. The van der Waals surface area contributed by atoms with E-state index in [4.69, 9.17) is 4.74 Å². The number of methoxy groups -OCH3 is 1. The summed E-state index contributed by atoms with van der Waals surface area (Å²) < 4.78 is 61.3. The third kappa shape index (κ3) is 6.37. The Labute approximate surface area is 229 Å². The fourth-order valence-electron chi connectivity index (χ4n) is 5.58. The van der Waals surface area contributed by atoms with Crippen LogP contribution in [0.2, 0.25) is 0 Å². The molecule has 0 bridgehead atoms. The van der Waals surface area contributed by atoms with Crippen molar-refractivity contribution in [2.24, 2.45) is 5.41 Å². The second-order valence-electron chi connectivity index (χ2n) is 10.3. The van der Waals surface area contributed by atoms with E-state index >= 15 is 4.39 Å². The minimum Gasteiger partial charge on any atom is -0.497 e. The second kappa shape index (κ2) is 12.9. The lowest BCUT2D eigenvalue weighted by molar-refractivity contribution is -0.143. The molecule has 1 aliphatic rings. The average Bonchev–Trinajstić information content (AvgIpc) is 2.97. The van der Waals surface area contributed by atoms with Crippen LogP contribution in [0.1, 0.15) is 55.0 Å². The Kier molecular flexibility index (Phi) is 9.60. The molecular weight excluding hydrogens is 530 g/mol. The number of aliphatic hydroxyl groups excluding tert-OH is 1. The Morgan fingerprint density at radius 2 is 1.88 bits per heavy atom. The average molecular weight is 564 g/mol. The van der Waals surface area contributed by atoms with E-state index in [1.165, 1.54) is 13.3 Å². The SMILES string of the molecule is COc1ccc2ncc(CO)c(C(F)CCC3(C(=O)NO)CCN(CCCc4cc(F)c(F)c(F)c4)CC3)c2c1. The molecule has 3 aromatic rings. The number of nitrogens with one attached hydrogen (secondary N) is 1. The summed E-state index contributed by atoms with van der Waals surface area (Å²) in [4.78, 5) is 19.2. The number of piperidine rings is 1. The normalized spacial score (nSPS) is 16.2. The number of benzene rings is 2. The van der Waals surface area contributed by atoms with E-state index < -0.39 is 41.6 Å². The van der Waals surface area contributed by atoms with Gasteiger partial charge in [-0.25, -0.2) is 23.0 Å². The van der Waals surface area contributed by atoms with Gasteiger partial charge in [-0.1, -0.05) is 0 Å². The van der Waals surface area contributed by atoms with Gasteiger partial charge in [0.05, 0.1) is 24.6 Å². The zero-order chi connectivity index (χ0) is 28.9. The van der Waals surface area contributed by atoms with Gasteiger partial charge >= 0.3 is 0 Å². The molecule has 0 aliphatic carbocycles. The van der Waals surface area contributed by atoms with E-state index in [9.17, 15) is 28.3 Å². The number of amides is 1. The molecule has 4 rings (SSSR count). The second-order valence-corrected chi connectivity index (χ2v) is 10.3. The summed E-state index contributed by atoms with van der Waals surface area (Å²) in [6, 6.07) is 7.08. The molecule has 0 spiro atoms. The highest BCUT2D eigenvalue weighted by atomic mass is 19.2. The maximum atomic E-state index is 15.9. The van der Waals surface area contributed by atoms with Crippen LogP contribution in [-0.2, 0) is 17.8 Å². The number of aromatic nitrogens is 1. The highest BCUT2D eigenvalue weighted by Gasteiger charge is 2.41. The van der Waals surface area contributed by atoms with Crippen molar-refractivity contribution in [2.75, 3.05) is 26.7 Å². The van der Waals surface area contributed by atoms with Gasteiger partial charge in [0, 0.05) is 22.7 Å². The maximum Gasteiger partial charge on any atom is 0.249 e. The molecular formula is C29H33F4N3O4. The molecule has 11 heteroatoms. The number of rotatable bonds is 11. The van der Waals surface area contributed by atoms with Crippen LogP contribution in [0, 0.1) is 22.9 Å². The molecule has 7 nitrogen and oxygen atoms in total. The molecule has 1 atom stereocenters. The van der Waals surface area contributed by atoms with E-state index in [0.29, 0.717) is 78.7 Å². The fraction of sp³-hybridized carbons (Fsp3) is 0.448. The van der Waals surface area contributed by atoms with Crippen molar-refractivity contribution in [1.29, 1.82) is 0 Å². The molecule has 2 aromatic carbocycles. The van der Waals surface area contributed by atoms with Crippen LogP contribution in [0.4, 0.5) is 17.6 Å². The monoisotopic (exact) mass is 563 g/mol.